The molecule has 0 amide bonds. The molecule has 0 spiro atoms. The van der Waals surface area contributed by atoms with Gasteiger partial charge in [0, 0.05) is 0 Å². The quantitative estimate of drug-likeness (QED) is 0.710. The van der Waals surface area contributed by atoms with Gasteiger partial charge in [0.15, 0.2) is 0 Å². The summed E-state index contributed by atoms with van der Waals surface area (Å²) in [6.07, 6.45) is 6.67. The zero-order chi connectivity index (χ0) is 14.4. The highest BCUT2D eigenvalue weighted by Crippen LogP contribution is 2.57. The Kier molecular flexibility index (Phi) is 3.90. The molecule has 0 aliphatic heterocycles. The van der Waals surface area contributed by atoms with Crippen LogP contribution in [0.1, 0.15) is 67.2 Å². The Labute approximate surface area is 119 Å². The van der Waals surface area contributed by atoms with Gasteiger partial charge in [0.25, 0.3) is 0 Å². The minimum absolute atomic E-state index is 0.323. The van der Waals surface area contributed by atoms with Crippen molar-refractivity contribution in [2.75, 3.05) is 0 Å². The zero-order valence-electron chi connectivity index (χ0n) is 13.7. The third kappa shape index (κ3) is 2.63. The minimum atomic E-state index is -0.475. The fourth-order valence-corrected chi connectivity index (χ4v) is 4.89. The Balaban J connectivity index is 2.37. The monoisotopic (exact) mass is 264 g/mol. The molecular formula is C18H32O. The van der Waals surface area contributed by atoms with E-state index in [0.29, 0.717) is 5.41 Å². The molecule has 0 saturated heterocycles. The normalized spacial score (nSPS) is 43.3. The van der Waals surface area contributed by atoms with Gasteiger partial charge in [0.05, 0.1) is 5.60 Å². The summed E-state index contributed by atoms with van der Waals surface area (Å²) in [5.74, 6) is 3.05. The SMILES string of the molecule is CC(C)C1CC=C2C[C@@](C)(O)CC[C@]2(C)C1C(C)C. The van der Waals surface area contributed by atoms with Gasteiger partial charge in [-0.25, -0.2) is 0 Å². The van der Waals surface area contributed by atoms with Crippen molar-refractivity contribution in [2.45, 2.75) is 72.8 Å². The summed E-state index contributed by atoms with van der Waals surface area (Å²) in [6.45, 7) is 14.0. The molecule has 4 atom stereocenters. The van der Waals surface area contributed by atoms with Gasteiger partial charge in [-0.2, -0.15) is 0 Å². The van der Waals surface area contributed by atoms with Crippen molar-refractivity contribution in [3.05, 3.63) is 11.6 Å². The first-order valence-electron chi connectivity index (χ1n) is 8.09. The van der Waals surface area contributed by atoms with Crippen LogP contribution >= 0.6 is 0 Å². The van der Waals surface area contributed by atoms with Crippen molar-refractivity contribution in [3.63, 3.8) is 0 Å². The Bertz CT molecular complexity index is 364. The molecule has 2 unspecified atom stereocenters. The number of allylic oxidation sites excluding steroid dienone is 1. The molecule has 1 fully saturated rings. The summed E-state index contributed by atoms with van der Waals surface area (Å²) in [6, 6.07) is 0. The molecule has 2 rings (SSSR count). The third-order valence-corrected chi connectivity index (χ3v) is 5.90. The van der Waals surface area contributed by atoms with Gasteiger partial charge in [0.2, 0.25) is 0 Å². The number of fused-ring (bicyclic) bond motifs is 1. The topological polar surface area (TPSA) is 20.2 Å². The highest BCUT2D eigenvalue weighted by Gasteiger charge is 2.50. The summed E-state index contributed by atoms with van der Waals surface area (Å²) in [5, 5.41) is 10.4. The van der Waals surface area contributed by atoms with E-state index in [1.807, 2.05) is 6.92 Å². The summed E-state index contributed by atoms with van der Waals surface area (Å²) >= 11 is 0. The summed E-state index contributed by atoms with van der Waals surface area (Å²) in [4.78, 5) is 0. The molecule has 0 aromatic rings. The van der Waals surface area contributed by atoms with Crippen LogP contribution in [0.15, 0.2) is 11.6 Å². The van der Waals surface area contributed by atoms with E-state index in [0.717, 1.165) is 42.9 Å². The van der Waals surface area contributed by atoms with Gasteiger partial charge in [0.1, 0.15) is 0 Å². The molecule has 110 valence electrons. The van der Waals surface area contributed by atoms with E-state index in [-0.39, 0.29) is 0 Å². The standard InChI is InChI=1S/C18H32O/c1-12(2)15-8-7-14-11-17(5,19)9-10-18(14,6)16(15)13(3)4/h7,12-13,15-16,19H,8-11H2,1-6H3/t15?,16?,17-,18-/m0/s1. The Morgan fingerprint density at radius 1 is 1.11 bits per heavy atom. The molecule has 0 aromatic heterocycles. The second-order valence-electron chi connectivity index (χ2n) is 8.23. The van der Waals surface area contributed by atoms with Gasteiger partial charge in [-0.3, -0.25) is 0 Å². The molecule has 2 aliphatic rings. The molecule has 19 heavy (non-hydrogen) atoms. The molecule has 0 bridgehead atoms. The molecular weight excluding hydrogens is 232 g/mol. The molecule has 0 heterocycles. The van der Waals surface area contributed by atoms with Crippen LogP contribution in [-0.4, -0.2) is 10.7 Å². The van der Waals surface area contributed by atoms with Gasteiger partial charge in [-0.15, -0.1) is 0 Å². The molecule has 1 saturated carbocycles. The van der Waals surface area contributed by atoms with E-state index in [1.165, 1.54) is 6.42 Å². The van der Waals surface area contributed by atoms with Crippen molar-refractivity contribution in [2.24, 2.45) is 29.1 Å². The van der Waals surface area contributed by atoms with Crippen molar-refractivity contribution < 1.29 is 5.11 Å². The average molecular weight is 264 g/mol. The van der Waals surface area contributed by atoms with Crippen LogP contribution in [0.5, 0.6) is 0 Å². The predicted octanol–water partition coefficient (Wildman–Crippen LogP) is 4.80. The third-order valence-electron chi connectivity index (χ3n) is 5.90. The first kappa shape index (κ1) is 15.1. The van der Waals surface area contributed by atoms with Crippen LogP contribution in [0, 0.1) is 29.1 Å². The lowest BCUT2D eigenvalue weighted by Gasteiger charge is -2.54. The highest BCUT2D eigenvalue weighted by molar-refractivity contribution is 5.25. The van der Waals surface area contributed by atoms with Gasteiger partial charge < -0.3 is 5.11 Å². The van der Waals surface area contributed by atoms with E-state index in [1.54, 1.807) is 5.57 Å². The lowest BCUT2D eigenvalue weighted by atomic mass is 9.51. The van der Waals surface area contributed by atoms with E-state index in [4.69, 9.17) is 0 Å². The van der Waals surface area contributed by atoms with Crippen molar-refractivity contribution in [1.29, 1.82) is 0 Å². The summed E-state index contributed by atoms with van der Waals surface area (Å²) in [7, 11) is 0. The maximum Gasteiger partial charge on any atom is 0.0657 e. The smallest absolute Gasteiger partial charge is 0.0657 e. The molecule has 1 nitrogen and oxygen atoms in total. The summed E-state index contributed by atoms with van der Waals surface area (Å²) in [5.41, 5.74) is 1.39. The van der Waals surface area contributed by atoms with Crippen molar-refractivity contribution in [1.82, 2.24) is 0 Å². The number of hydrogen-bond donors (Lipinski definition) is 1. The Morgan fingerprint density at radius 2 is 1.74 bits per heavy atom. The van der Waals surface area contributed by atoms with Crippen molar-refractivity contribution >= 4 is 0 Å². The van der Waals surface area contributed by atoms with E-state index in [9.17, 15) is 5.11 Å². The second kappa shape index (κ2) is 4.91. The zero-order valence-corrected chi connectivity index (χ0v) is 13.7. The maximum absolute atomic E-state index is 10.4. The van der Waals surface area contributed by atoms with E-state index in [2.05, 4.69) is 40.7 Å². The first-order chi connectivity index (χ1) is 8.67. The van der Waals surface area contributed by atoms with E-state index < -0.39 is 5.60 Å². The largest absolute Gasteiger partial charge is 0.390 e. The molecule has 1 N–H and O–H groups in total. The second-order valence-corrected chi connectivity index (χ2v) is 8.23. The minimum Gasteiger partial charge on any atom is -0.390 e. The number of rotatable bonds is 2. The average Bonchev–Trinajstić information content (AvgIpc) is 2.27. The van der Waals surface area contributed by atoms with Crippen LogP contribution in [0.25, 0.3) is 0 Å². The van der Waals surface area contributed by atoms with Crippen molar-refractivity contribution in [3.8, 4) is 0 Å². The Morgan fingerprint density at radius 3 is 2.26 bits per heavy atom. The highest BCUT2D eigenvalue weighted by atomic mass is 16.3. The lowest BCUT2D eigenvalue weighted by Crippen LogP contribution is -2.48. The Hall–Kier alpha value is -0.300. The number of aliphatic hydroxyl groups is 1. The van der Waals surface area contributed by atoms with E-state index >= 15 is 0 Å². The van der Waals surface area contributed by atoms with Crippen LogP contribution in [0.2, 0.25) is 0 Å². The van der Waals surface area contributed by atoms with Crippen LogP contribution < -0.4 is 0 Å². The fraction of sp³-hybridized carbons (Fsp3) is 0.889. The first-order valence-corrected chi connectivity index (χ1v) is 8.09. The molecule has 2 aliphatic carbocycles. The molecule has 0 radical (unpaired) electrons. The van der Waals surface area contributed by atoms with Crippen LogP contribution in [-0.2, 0) is 0 Å². The predicted molar refractivity (Wildman–Crippen MR) is 81.9 cm³/mol. The van der Waals surface area contributed by atoms with Crippen LogP contribution in [0.3, 0.4) is 0 Å². The van der Waals surface area contributed by atoms with Gasteiger partial charge >= 0.3 is 0 Å². The van der Waals surface area contributed by atoms with Crippen LogP contribution in [0.4, 0.5) is 0 Å². The molecule has 0 aromatic carbocycles. The van der Waals surface area contributed by atoms with Gasteiger partial charge in [-0.1, -0.05) is 46.3 Å². The lowest BCUT2D eigenvalue weighted by molar-refractivity contribution is -0.0296. The van der Waals surface area contributed by atoms with Gasteiger partial charge in [-0.05, 0) is 61.7 Å². The summed E-state index contributed by atoms with van der Waals surface area (Å²) < 4.78 is 0. The number of hydrogen-bond acceptors (Lipinski definition) is 1. The molecule has 1 heteroatoms. The fourth-order valence-electron chi connectivity index (χ4n) is 4.89. The maximum atomic E-state index is 10.4.